The van der Waals surface area contributed by atoms with Gasteiger partial charge in [0.1, 0.15) is 12.4 Å². The van der Waals surface area contributed by atoms with Crippen molar-refractivity contribution in [1.29, 1.82) is 0 Å². The zero-order valence-corrected chi connectivity index (χ0v) is 14.4. The van der Waals surface area contributed by atoms with Crippen LogP contribution >= 0.6 is 24.0 Å². The van der Waals surface area contributed by atoms with Crippen molar-refractivity contribution in [2.75, 3.05) is 32.6 Å². The molecule has 0 aliphatic carbocycles. The largest absolute Gasteiger partial charge is 0.492 e. The number of hydrogen-bond acceptors (Lipinski definition) is 2. The molecule has 0 N–H and O–H groups in total. The summed E-state index contributed by atoms with van der Waals surface area (Å²) in [6, 6.07) is 18.7. The highest BCUT2D eigenvalue weighted by Gasteiger charge is 2.05. The van der Waals surface area contributed by atoms with Crippen LogP contribution in [0.25, 0.3) is 0 Å². The van der Waals surface area contributed by atoms with E-state index in [2.05, 4.69) is 48.3 Å². The lowest BCUT2D eigenvalue weighted by Crippen LogP contribution is -2.26. The van der Waals surface area contributed by atoms with Gasteiger partial charge in [-0.2, -0.15) is 0 Å². The lowest BCUT2D eigenvalue weighted by Gasteiger charge is -2.16. The number of alkyl halides is 1. The van der Waals surface area contributed by atoms with Gasteiger partial charge in [-0.05, 0) is 24.2 Å². The van der Waals surface area contributed by atoms with Gasteiger partial charge in [0.25, 0.3) is 0 Å². The van der Waals surface area contributed by atoms with E-state index in [0.29, 0.717) is 12.5 Å². The first kappa shape index (κ1) is 18.8. The molecule has 2 aromatic rings. The summed E-state index contributed by atoms with van der Waals surface area (Å²) >= 11 is 5.73. The van der Waals surface area contributed by atoms with E-state index in [1.807, 2.05) is 18.2 Å². The molecule has 2 nitrogen and oxygen atoms in total. The highest BCUT2D eigenvalue weighted by molar-refractivity contribution is 6.18. The average Bonchev–Trinajstić information content (AvgIpc) is 2.50. The molecule has 22 heavy (non-hydrogen) atoms. The van der Waals surface area contributed by atoms with E-state index >= 15 is 0 Å². The Balaban J connectivity index is 0.00000242. The summed E-state index contributed by atoms with van der Waals surface area (Å²) in [7, 11) is 2.06. The van der Waals surface area contributed by atoms with Gasteiger partial charge >= 0.3 is 0 Å². The summed E-state index contributed by atoms with van der Waals surface area (Å²) in [5, 5.41) is 0. The summed E-state index contributed by atoms with van der Waals surface area (Å²) in [5.41, 5.74) is 2.52. The van der Waals surface area contributed by atoms with E-state index in [1.165, 1.54) is 11.1 Å². The van der Waals surface area contributed by atoms with Gasteiger partial charge in [-0.15, -0.1) is 24.0 Å². The summed E-state index contributed by atoms with van der Waals surface area (Å²) in [5.74, 6) is 1.63. The van der Waals surface area contributed by atoms with Crippen LogP contribution in [0.5, 0.6) is 5.75 Å². The standard InChI is InChI=1S/C18H22ClNO.ClH/c1-20(12-11-19)13-14-21-18-10-6-5-9-17(18)15-16-7-3-2-4-8-16;/h2-10H,11-15H2,1H3;1H. The number of rotatable bonds is 8. The van der Waals surface area contributed by atoms with Crippen LogP contribution in [0.15, 0.2) is 54.6 Å². The molecule has 0 fully saturated rings. The summed E-state index contributed by atoms with van der Waals surface area (Å²) in [6.07, 6.45) is 0.897. The number of nitrogens with zero attached hydrogens (tertiary/aromatic N) is 1. The Kier molecular flexibility index (Phi) is 8.98. The van der Waals surface area contributed by atoms with Crippen molar-refractivity contribution in [2.45, 2.75) is 6.42 Å². The molecule has 0 aliphatic heterocycles. The number of halogens is 2. The molecule has 0 heterocycles. The van der Waals surface area contributed by atoms with Crippen LogP contribution in [0.3, 0.4) is 0 Å². The first-order valence-electron chi connectivity index (χ1n) is 7.28. The van der Waals surface area contributed by atoms with E-state index in [4.69, 9.17) is 16.3 Å². The zero-order chi connectivity index (χ0) is 14.9. The van der Waals surface area contributed by atoms with Gasteiger partial charge in [0, 0.05) is 25.4 Å². The third-order valence-electron chi connectivity index (χ3n) is 3.41. The van der Waals surface area contributed by atoms with Crippen molar-refractivity contribution < 1.29 is 4.74 Å². The maximum absolute atomic E-state index is 5.94. The summed E-state index contributed by atoms with van der Waals surface area (Å²) in [6.45, 7) is 2.45. The van der Waals surface area contributed by atoms with Gasteiger partial charge in [0.2, 0.25) is 0 Å². The minimum absolute atomic E-state index is 0. The molecule has 2 aromatic carbocycles. The molecule has 0 unspecified atom stereocenters. The fourth-order valence-corrected chi connectivity index (χ4v) is 2.46. The Labute approximate surface area is 144 Å². The topological polar surface area (TPSA) is 12.5 Å². The van der Waals surface area contributed by atoms with Crippen LogP contribution in [0.1, 0.15) is 11.1 Å². The van der Waals surface area contributed by atoms with Crippen LogP contribution in [0.4, 0.5) is 0 Å². The molecule has 120 valence electrons. The van der Waals surface area contributed by atoms with Gasteiger partial charge in [-0.3, -0.25) is 0 Å². The first-order valence-corrected chi connectivity index (χ1v) is 7.82. The molecule has 2 rings (SSSR count). The van der Waals surface area contributed by atoms with Crippen LogP contribution < -0.4 is 4.74 Å². The average molecular weight is 340 g/mol. The minimum Gasteiger partial charge on any atom is -0.492 e. The molecule has 0 aliphatic rings. The molecule has 4 heteroatoms. The van der Waals surface area contributed by atoms with Gasteiger partial charge in [0.15, 0.2) is 0 Å². The number of benzene rings is 2. The molecular weight excluding hydrogens is 317 g/mol. The highest BCUT2D eigenvalue weighted by Crippen LogP contribution is 2.21. The van der Waals surface area contributed by atoms with Crippen LogP contribution in [0, 0.1) is 0 Å². The Morgan fingerprint density at radius 1 is 0.955 bits per heavy atom. The quantitative estimate of drug-likeness (QED) is 0.666. The van der Waals surface area contributed by atoms with Crippen molar-refractivity contribution in [3.63, 3.8) is 0 Å². The Hall–Kier alpha value is -1.22. The second kappa shape index (κ2) is 10.5. The normalized spacial score (nSPS) is 10.3. The van der Waals surface area contributed by atoms with E-state index in [1.54, 1.807) is 0 Å². The second-order valence-corrected chi connectivity index (χ2v) is 5.49. The molecule has 0 aromatic heterocycles. The van der Waals surface area contributed by atoms with Gasteiger partial charge < -0.3 is 9.64 Å². The van der Waals surface area contributed by atoms with Gasteiger partial charge in [-0.1, -0.05) is 48.5 Å². The van der Waals surface area contributed by atoms with Gasteiger partial charge in [-0.25, -0.2) is 0 Å². The van der Waals surface area contributed by atoms with E-state index in [9.17, 15) is 0 Å². The first-order chi connectivity index (χ1) is 10.3. The van der Waals surface area contributed by atoms with Crippen molar-refractivity contribution in [3.8, 4) is 5.75 Å². The second-order valence-electron chi connectivity index (χ2n) is 5.11. The van der Waals surface area contributed by atoms with Crippen LogP contribution in [0.2, 0.25) is 0 Å². The highest BCUT2D eigenvalue weighted by atomic mass is 35.5. The van der Waals surface area contributed by atoms with Gasteiger partial charge in [0.05, 0.1) is 0 Å². The lowest BCUT2D eigenvalue weighted by atomic mass is 10.0. The monoisotopic (exact) mass is 339 g/mol. The summed E-state index contributed by atoms with van der Waals surface area (Å²) in [4.78, 5) is 2.17. The Bertz CT molecular complexity index is 534. The van der Waals surface area contributed by atoms with E-state index < -0.39 is 0 Å². The third-order valence-corrected chi connectivity index (χ3v) is 3.58. The lowest BCUT2D eigenvalue weighted by molar-refractivity contribution is 0.243. The molecule has 0 saturated heterocycles. The molecule has 0 amide bonds. The Morgan fingerprint density at radius 3 is 2.36 bits per heavy atom. The van der Waals surface area contributed by atoms with Crippen molar-refractivity contribution in [1.82, 2.24) is 4.90 Å². The molecule has 0 spiro atoms. The number of hydrogen-bond donors (Lipinski definition) is 0. The molecular formula is C18H23Cl2NO. The smallest absolute Gasteiger partial charge is 0.122 e. The predicted molar refractivity (Wildman–Crippen MR) is 96.7 cm³/mol. The fraction of sp³-hybridized carbons (Fsp3) is 0.333. The maximum Gasteiger partial charge on any atom is 0.122 e. The third kappa shape index (κ3) is 6.27. The minimum atomic E-state index is 0. The van der Waals surface area contributed by atoms with Crippen molar-refractivity contribution in [3.05, 3.63) is 65.7 Å². The SMILES string of the molecule is CN(CCCl)CCOc1ccccc1Cc1ccccc1.Cl. The number of ether oxygens (including phenoxy) is 1. The number of para-hydroxylation sites is 1. The van der Waals surface area contributed by atoms with Crippen LogP contribution in [-0.2, 0) is 6.42 Å². The zero-order valence-electron chi connectivity index (χ0n) is 12.9. The van der Waals surface area contributed by atoms with E-state index in [-0.39, 0.29) is 12.4 Å². The van der Waals surface area contributed by atoms with Crippen molar-refractivity contribution >= 4 is 24.0 Å². The van der Waals surface area contributed by atoms with E-state index in [0.717, 1.165) is 25.3 Å². The maximum atomic E-state index is 5.94. The predicted octanol–water partition coefficient (Wildman–Crippen LogP) is 4.25. The molecule has 0 radical (unpaired) electrons. The molecule has 0 bridgehead atoms. The Morgan fingerprint density at radius 2 is 1.64 bits per heavy atom. The number of likely N-dealkylation sites (N-methyl/N-ethyl adjacent to an activating group) is 1. The molecule has 0 saturated carbocycles. The molecule has 0 atom stereocenters. The van der Waals surface area contributed by atoms with Crippen molar-refractivity contribution in [2.24, 2.45) is 0 Å². The van der Waals surface area contributed by atoms with Crippen LogP contribution in [-0.4, -0.2) is 37.5 Å². The fourth-order valence-electron chi connectivity index (χ4n) is 2.17. The summed E-state index contributed by atoms with van der Waals surface area (Å²) < 4.78 is 5.94.